The van der Waals surface area contributed by atoms with Crippen molar-refractivity contribution in [3.63, 3.8) is 0 Å². The average Bonchev–Trinajstić information content (AvgIpc) is 2.64. The molecule has 0 spiro atoms. The summed E-state index contributed by atoms with van der Waals surface area (Å²) in [6.45, 7) is 2.16. The normalized spacial score (nSPS) is 18.9. The van der Waals surface area contributed by atoms with Crippen LogP contribution in [0.25, 0.3) is 16.5 Å². The zero-order valence-electron chi connectivity index (χ0n) is 15.0. The van der Waals surface area contributed by atoms with E-state index in [1.165, 1.54) is 6.20 Å². The van der Waals surface area contributed by atoms with Gasteiger partial charge in [-0.2, -0.15) is 13.2 Å². The number of halogens is 3. The van der Waals surface area contributed by atoms with Crippen molar-refractivity contribution in [3.8, 4) is 0 Å². The molecule has 1 amide bonds. The van der Waals surface area contributed by atoms with Crippen molar-refractivity contribution in [2.45, 2.75) is 38.4 Å². The van der Waals surface area contributed by atoms with Gasteiger partial charge >= 0.3 is 6.18 Å². The molecule has 4 nitrogen and oxygen atoms in total. The molecule has 0 saturated carbocycles. The lowest BCUT2D eigenvalue weighted by Crippen LogP contribution is -2.35. The lowest BCUT2D eigenvalue weighted by molar-refractivity contribution is -0.175. The molecular formula is C20H22F3N3O. The summed E-state index contributed by atoms with van der Waals surface area (Å²) < 4.78 is 38.6. The van der Waals surface area contributed by atoms with Crippen LogP contribution in [0.5, 0.6) is 0 Å². The summed E-state index contributed by atoms with van der Waals surface area (Å²) in [5.41, 5.74) is 8.47. The highest BCUT2D eigenvalue weighted by atomic mass is 19.4. The van der Waals surface area contributed by atoms with Gasteiger partial charge in [-0.25, -0.2) is 0 Å². The fourth-order valence-corrected chi connectivity index (χ4v) is 3.28. The first-order chi connectivity index (χ1) is 12.8. The number of nitrogens with one attached hydrogen (secondary N) is 1. The number of hydrogen-bond acceptors (Lipinski definition) is 3. The molecule has 2 aromatic rings. The summed E-state index contributed by atoms with van der Waals surface area (Å²) in [4.78, 5) is 16.6. The summed E-state index contributed by atoms with van der Waals surface area (Å²) >= 11 is 0. The molecule has 2 atom stereocenters. The quantitative estimate of drug-likeness (QED) is 0.844. The number of hydrogen-bond donors (Lipinski definition) is 2. The van der Waals surface area contributed by atoms with Crippen molar-refractivity contribution in [3.05, 3.63) is 47.7 Å². The zero-order chi connectivity index (χ0) is 19.6. The molecule has 2 unspecified atom stereocenters. The van der Waals surface area contributed by atoms with Crippen LogP contribution >= 0.6 is 0 Å². The first kappa shape index (κ1) is 19.4. The predicted molar refractivity (Wildman–Crippen MR) is 99.1 cm³/mol. The SMILES string of the molecule is CC(N)CNC(=O)c1cnc2c(C3=CCC(C(F)(F)F)CC3)cccc2c1. The van der Waals surface area contributed by atoms with E-state index >= 15 is 0 Å². The van der Waals surface area contributed by atoms with Crippen LogP contribution in [0.3, 0.4) is 0 Å². The third kappa shape index (κ3) is 4.47. The zero-order valence-corrected chi connectivity index (χ0v) is 15.0. The monoisotopic (exact) mass is 377 g/mol. The van der Waals surface area contributed by atoms with Gasteiger partial charge in [0.25, 0.3) is 5.91 Å². The number of alkyl halides is 3. The van der Waals surface area contributed by atoms with Crippen LogP contribution in [0.15, 0.2) is 36.5 Å². The molecule has 1 aliphatic rings. The smallest absolute Gasteiger partial charge is 0.350 e. The van der Waals surface area contributed by atoms with Crippen LogP contribution in [-0.2, 0) is 0 Å². The van der Waals surface area contributed by atoms with Crippen molar-refractivity contribution in [2.24, 2.45) is 11.7 Å². The number of para-hydroxylation sites is 1. The van der Waals surface area contributed by atoms with E-state index < -0.39 is 12.1 Å². The van der Waals surface area contributed by atoms with E-state index in [1.807, 2.05) is 18.2 Å². The lowest BCUT2D eigenvalue weighted by Gasteiger charge is -2.24. The number of pyridine rings is 1. The molecule has 3 rings (SSSR count). The fourth-order valence-electron chi connectivity index (χ4n) is 3.28. The van der Waals surface area contributed by atoms with Crippen molar-refractivity contribution >= 4 is 22.4 Å². The largest absolute Gasteiger partial charge is 0.392 e. The first-order valence-electron chi connectivity index (χ1n) is 8.94. The highest BCUT2D eigenvalue weighted by Crippen LogP contribution is 2.40. The van der Waals surface area contributed by atoms with Gasteiger partial charge < -0.3 is 11.1 Å². The van der Waals surface area contributed by atoms with E-state index in [9.17, 15) is 18.0 Å². The third-order valence-electron chi connectivity index (χ3n) is 4.78. The molecule has 0 radical (unpaired) electrons. The molecule has 3 N–H and O–H groups in total. The van der Waals surface area contributed by atoms with E-state index in [-0.39, 0.29) is 24.8 Å². The second kappa shape index (κ2) is 7.68. The van der Waals surface area contributed by atoms with Gasteiger partial charge in [0.15, 0.2) is 0 Å². The molecule has 144 valence electrons. The second-order valence-corrected chi connectivity index (χ2v) is 7.03. The number of allylic oxidation sites excluding steroid dienone is 2. The lowest BCUT2D eigenvalue weighted by atomic mass is 9.85. The Kier molecular flexibility index (Phi) is 5.51. The summed E-state index contributed by atoms with van der Waals surface area (Å²) in [5.74, 6) is -1.53. The Morgan fingerprint density at radius 1 is 1.41 bits per heavy atom. The van der Waals surface area contributed by atoms with Gasteiger partial charge in [-0.05, 0) is 37.8 Å². The van der Waals surface area contributed by atoms with Gasteiger partial charge in [0.1, 0.15) is 0 Å². The van der Waals surface area contributed by atoms with Crippen LogP contribution < -0.4 is 11.1 Å². The van der Waals surface area contributed by atoms with Crippen molar-refractivity contribution < 1.29 is 18.0 Å². The van der Waals surface area contributed by atoms with Crippen LogP contribution in [-0.4, -0.2) is 29.7 Å². The van der Waals surface area contributed by atoms with Crippen LogP contribution in [0.4, 0.5) is 13.2 Å². The predicted octanol–water partition coefficient (Wildman–Crippen LogP) is 4.06. The van der Waals surface area contributed by atoms with Gasteiger partial charge in [0.2, 0.25) is 0 Å². The van der Waals surface area contributed by atoms with E-state index in [2.05, 4.69) is 10.3 Å². The highest BCUT2D eigenvalue weighted by Gasteiger charge is 2.39. The maximum absolute atomic E-state index is 12.9. The van der Waals surface area contributed by atoms with Crippen LogP contribution in [0.1, 0.15) is 42.1 Å². The van der Waals surface area contributed by atoms with Crippen molar-refractivity contribution in [1.82, 2.24) is 10.3 Å². The Bertz CT molecular complexity index is 874. The van der Waals surface area contributed by atoms with Gasteiger partial charge in [-0.15, -0.1) is 0 Å². The first-order valence-corrected chi connectivity index (χ1v) is 8.94. The molecule has 1 aromatic heterocycles. The molecule has 0 fully saturated rings. The van der Waals surface area contributed by atoms with Gasteiger partial charge in [-0.3, -0.25) is 9.78 Å². The molecule has 27 heavy (non-hydrogen) atoms. The number of rotatable bonds is 4. The molecule has 1 aliphatic carbocycles. The number of fused-ring (bicyclic) bond motifs is 1. The molecule has 1 heterocycles. The van der Waals surface area contributed by atoms with E-state index in [4.69, 9.17) is 5.73 Å². The highest BCUT2D eigenvalue weighted by molar-refractivity contribution is 5.99. The Morgan fingerprint density at radius 3 is 2.81 bits per heavy atom. The summed E-state index contributed by atoms with van der Waals surface area (Å²) in [6, 6.07) is 7.14. The Morgan fingerprint density at radius 2 is 2.19 bits per heavy atom. The molecule has 7 heteroatoms. The minimum Gasteiger partial charge on any atom is -0.350 e. The summed E-state index contributed by atoms with van der Waals surface area (Å²) in [5, 5.41) is 3.52. The Labute approximate surface area is 155 Å². The number of carbonyl (C=O) groups is 1. The number of nitrogens with two attached hydrogens (primary N) is 1. The van der Waals surface area contributed by atoms with Gasteiger partial charge in [0.05, 0.1) is 17.0 Å². The minimum atomic E-state index is -4.15. The van der Waals surface area contributed by atoms with Crippen molar-refractivity contribution in [2.75, 3.05) is 6.54 Å². The maximum atomic E-state index is 12.9. The Balaban J connectivity index is 1.86. The van der Waals surface area contributed by atoms with E-state index in [1.54, 1.807) is 19.1 Å². The fraction of sp³-hybridized carbons (Fsp3) is 0.400. The number of nitrogens with zero attached hydrogens (tertiary/aromatic N) is 1. The number of benzene rings is 1. The molecule has 0 bridgehead atoms. The third-order valence-corrected chi connectivity index (χ3v) is 4.78. The van der Waals surface area contributed by atoms with Crippen LogP contribution in [0, 0.1) is 5.92 Å². The topological polar surface area (TPSA) is 68.0 Å². The summed E-state index contributed by atoms with van der Waals surface area (Å²) in [7, 11) is 0. The molecular weight excluding hydrogens is 355 g/mol. The van der Waals surface area contributed by atoms with Gasteiger partial charge in [0, 0.05) is 29.7 Å². The summed E-state index contributed by atoms with van der Waals surface area (Å²) in [6.07, 6.45) is -0.550. The van der Waals surface area contributed by atoms with Crippen molar-refractivity contribution in [1.29, 1.82) is 0 Å². The van der Waals surface area contributed by atoms with Crippen LogP contribution in [0.2, 0.25) is 0 Å². The van der Waals surface area contributed by atoms with E-state index in [0.717, 1.165) is 16.5 Å². The standard InChI is InChI=1S/C20H22F3N3O/c1-12(24)10-26-19(27)15-9-14-3-2-4-17(18(14)25-11-15)13-5-7-16(8-6-13)20(21,22)23/h2-5,9,11-12,16H,6-8,10,24H2,1H3,(H,26,27). The average molecular weight is 377 g/mol. The van der Waals surface area contributed by atoms with Gasteiger partial charge in [-0.1, -0.05) is 24.3 Å². The number of aromatic nitrogens is 1. The molecule has 1 aromatic carbocycles. The number of amides is 1. The number of carbonyl (C=O) groups excluding carboxylic acids is 1. The molecule has 0 saturated heterocycles. The minimum absolute atomic E-state index is 0.00696. The van der Waals surface area contributed by atoms with E-state index in [0.29, 0.717) is 24.0 Å². The second-order valence-electron chi connectivity index (χ2n) is 7.03. The maximum Gasteiger partial charge on any atom is 0.392 e. The molecule has 0 aliphatic heterocycles. The Hall–Kier alpha value is -2.41.